The normalized spacial score (nSPS) is 24.0. The summed E-state index contributed by atoms with van der Waals surface area (Å²) >= 11 is 0. The van der Waals surface area contributed by atoms with Crippen LogP contribution in [-0.2, 0) is 25.7 Å². The second-order valence-corrected chi connectivity index (χ2v) is 19.7. The zero-order valence-electron chi connectivity index (χ0n) is 38.1. The molecule has 0 aliphatic carbocycles. The van der Waals surface area contributed by atoms with E-state index in [1.807, 2.05) is 63.2 Å². The minimum absolute atomic E-state index is 0.0537. The van der Waals surface area contributed by atoms with Gasteiger partial charge < -0.3 is 14.4 Å². The first kappa shape index (κ1) is 43.7. The summed E-state index contributed by atoms with van der Waals surface area (Å²) in [7, 11) is 0. The second kappa shape index (κ2) is 16.4. The number of halogens is 1. The van der Waals surface area contributed by atoms with Crippen LogP contribution >= 0.6 is 0 Å². The van der Waals surface area contributed by atoms with Crippen molar-refractivity contribution in [3.8, 4) is 29.6 Å². The molecule has 17 heteroatoms. The molecule has 0 saturated carbocycles. The number of anilines is 1. The number of pyridine rings is 1. The van der Waals surface area contributed by atoms with Crippen LogP contribution in [0.3, 0.4) is 0 Å². The van der Waals surface area contributed by atoms with Gasteiger partial charge in [0.2, 0.25) is 11.8 Å². The van der Waals surface area contributed by atoms with Crippen LogP contribution in [0, 0.1) is 18.2 Å². The fourth-order valence-corrected chi connectivity index (χ4v) is 11.2. The smallest absolute Gasteiger partial charge is 0.327 e. The van der Waals surface area contributed by atoms with Gasteiger partial charge >= 0.3 is 12.0 Å². The highest BCUT2D eigenvalue weighted by Crippen LogP contribution is 2.55. The molecule has 68 heavy (non-hydrogen) atoms. The van der Waals surface area contributed by atoms with Crippen LogP contribution in [0.1, 0.15) is 78.3 Å². The lowest BCUT2D eigenvalue weighted by Gasteiger charge is -2.72. The fourth-order valence-electron chi connectivity index (χ4n) is 11.2. The molecule has 0 bridgehead atoms. The van der Waals surface area contributed by atoms with E-state index in [0.29, 0.717) is 61.4 Å². The van der Waals surface area contributed by atoms with Gasteiger partial charge in [-0.2, -0.15) is 9.97 Å². The highest BCUT2D eigenvalue weighted by atomic mass is 19.1. The van der Waals surface area contributed by atoms with Gasteiger partial charge in [-0.25, -0.2) is 4.39 Å². The standard InChI is InChI=1S/C51H50FN9O7/c1-5-30-8-6-9-31-10-7-11-35(40(30)31)42-41(52)43-37(25-53-42)44(59-27-32-23-51(24-33(28-59)61(32)51)48(66)68-50(2,3)4)56-49(55-43)67-21-20-57-16-18-58(19-17-57)26-29-12-13-34-36(22-29)47(65)60(46(34)64)38-14-15-39(62)54-45(38)63/h1,6-13,22,25,32-33,38H,14-21,23-24,26-28H2,2-4H3,(H,54,62,63). The van der Waals surface area contributed by atoms with Gasteiger partial charge in [-0.3, -0.25) is 53.9 Å². The van der Waals surface area contributed by atoms with Crippen molar-refractivity contribution in [2.24, 2.45) is 0 Å². The van der Waals surface area contributed by atoms with Crippen molar-refractivity contribution in [1.82, 2.24) is 39.9 Å². The van der Waals surface area contributed by atoms with Gasteiger partial charge in [0.15, 0.2) is 5.82 Å². The number of carbonyl (C=O) groups is 5. The molecule has 6 aliphatic rings. The number of imide groups is 2. The number of piperazine rings is 2. The van der Waals surface area contributed by atoms with Crippen molar-refractivity contribution >= 4 is 57.1 Å². The molecule has 5 aromatic rings. The number of nitrogens with one attached hydrogen (secondary N) is 1. The fraction of sp³-hybridized carbons (Fsp3) is 0.412. The quantitative estimate of drug-likeness (QED) is 0.119. The summed E-state index contributed by atoms with van der Waals surface area (Å²) in [5.41, 5.74) is 1.63. The van der Waals surface area contributed by atoms with E-state index in [2.05, 4.69) is 30.8 Å². The second-order valence-electron chi connectivity index (χ2n) is 19.7. The number of piperidine rings is 2. The zero-order valence-corrected chi connectivity index (χ0v) is 38.1. The number of amides is 4. The Balaban J connectivity index is 0.789. The van der Waals surface area contributed by atoms with E-state index in [-0.39, 0.29) is 65.8 Å². The van der Waals surface area contributed by atoms with E-state index in [4.69, 9.17) is 30.8 Å². The molecule has 16 nitrogen and oxygen atoms in total. The summed E-state index contributed by atoms with van der Waals surface area (Å²) in [4.78, 5) is 88.5. The summed E-state index contributed by atoms with van der Waals surface area (Å²) in [5.74, 6) is 0.391. The van der Waals surface area contributed by atoms with Crippen molar-refractivity contribution in [3.63, 3.8) is 0 Å². The molecule has 3 atom stereocenters. The minimum atomic E-state index is -1.01. The first-order valence-corrected chi connectivity index (χ1v) is 23.2. The number of hydrogen-bond donors (Lipinski definition) is 1. The molecule has 11 rings (SSSR count). The van der Waals surface area contributed by atoms with Crippen molar-refractivity contribution in [3.05, 3.63) is 88.9 Å². The molecule has 8 heterocycles. The van der Waals surface area contributed by atoms with Gasteiger partial charge in [-0.15, -0.1) is 6.42 Å². The van der Waals surface area contributed by atoms with Crippen LogP contribution in [0.15, 0.2) is 60.8 Å². The highest BCUT2D eigenvalue weighted by Gasteiger charge is 2.70. The Morgan fingerprint density at radius 1 is 0.926 bits per heavy atom. The number of esters is 1. The predicted octanol–water partition coefficient (Wildman–Crippen LogP) is 4.31. The van der Waals surface area contributed by atoms with Gasteiger partial charge in [0.1, 0.15) is 40.8 Å². The molecule has 2 aromatic heterocycles. The molecule has 0 radical (unpaired) electrons. The zero-order chi connectivity index (χ0) is 47.2. The molecule has 348 valence electrons. The molecular formula is C51H50FN9O7. The number of fused-ring (bicyclic) bond motifs is 3. The molecule has 4 amide bonds. The maximum Gasteiger partial charge on any atom is 0.327 e. The van der Waals surface area contributed by atoms with E-state index >= 15 is 4.39 Å². The summed E-state index contributed by atoms with van der Waals surface area (Å²) in [6.07, 6.45) is 9.06. The Kier molecular flexibility index (Phi) is 10.6. The SMILES string of the molecule is C#Cc1cccc2cccc(-c3ncc4c(N5CC6CC7(C(=O)OC(C)(C)C)CC(C5)N67)nc(OCCN5CCN(Cc6ccc7c(c6)C(=O)N(C6CCC(=O)NC6=O)C7=O)CC5)nc4c3F)c12. The number of aromatic nitrogens is 3. The average molecular weight is 920 g/mol. The van der Waals surface area contributed by atoms with Crippen LogP contribution in [-0.4, -0.2) is 146 Å². The Hall–Kier alpha value is -6.87. The summed E-state index contributed by atoms with van der Waals surface area (Å²) in [6, 6.07) is 15.7. The van der Waals surface area contributed by atoms with Crippen molar-refractivity contribution in [2.75, 3.05) is 57.3 Å². The topological polar surface area (TPSA) is 171 Å². The Morgan fingerprint density at radius 2 is 1.65 bits per heavy atom. The predicted molar refractivity (Wildman–Crippen MR) is 248 cm³/mol. The lowest BCUT2D eigenvalue weighted by Crippen LogP contribution is -2.87. The number of hydrogen-bond acceptors (Lipinski definition) is 14. The number of nitrogens with zero attached hydrogens (tertiary/aromatic N) is 8. The van der Waals surface area contributed by atoms with Crippen molar-refractivity contribution in [1.29, 1.82) is 0 Å². The molecule has 1 N–H and O–H groups in total. The van der Waals surface area contributed by atoms with Crippen LogP contribution < -0.4 is 15.0 Å². The van der Waals surface area contributed by atoms with E-state index in [1.54, 1.807) is 18.3 Å². The average Bonchev–Trinajstić information content (AvgIpc) is 3.53. The van der Waals surface area contributed by atoms with Gasteiger partial charge in [-0.05, 0) is 69.2 Å². The van der Waals surface area contributed by atoms with Crippen LogP contribution in [0.25, 0.3) is 32.9 Å². The Morgan fingerprint density at radius 3 is 2.37 bits per heavy atom. The van der Waals surface area contributed by atoms with E-state index in [9.17, 15) is 24.0 Å². The van der Waals surface area contributed by atoms with Gasteiger partial charge in [0.05, 0.1) is 16.5 Å². The van der Waals surface area contributed by atoms with Crippen LogP contribution in [0.2, 0.25) is 0 Å². The molecule has 3 aromatic carbocycles. The number of ether oxygens (including phenoxy) is 2. The first-order chi connectivity index (χ1) is 32.7. The molecule has 5 saturated heterocycles. The number of benzene rings is 3. The van der Waals surface area contributed by atoms with E-state index < -0.39 is 46.6 Å². The number of carbonyl (C=O) groups excluding carboxylic acids is 5. The summed E-state index contributed by atoms with van der Waals surface area (Å²) < 4.78 is 29.3. The number of terminal acetylenes is 1. The maximum atomic E-state index is 17.2. The van der Waals surface area contributed by atoms with E-state index in [1.165, 1.54) is 0 Å². The van der Waals surface area contributed by atoms with Gasteiger partial charge in [-0.1, -0.05) is 42.3 Å². The van der Waals surface area contributed by atoms with Gasteiger partial charge in [0, 0.05) is 93.6 Å². The highest BCUT2D eigenvalue weighted by molar-refractivity contribution is 6.23. The largest absolute Gasteiger partial charge is 0.462 e. The Labute approximate surface area is 391 Å². The minimum Gasteiger partial charge on any atom is -0.462 e. The maximum absolute atomic E-state index is 17.2. The van der Waals surface area contributed by atoms with E-state index in [0.717, 1.165) is 47.4 Å². The molecule has 5 fully saturated rings. The monoisotopic (exact) mass is 919 g/mol. The van der Waals surface area contributed by atoms with Crippen molar-refractivity contribution < 1.29 is 37.8 Å². The number of rotatable bonds is 10. The summed E-state index contributed by atoms with van der Waals surface area (Å²) in [6.45, 7) is 11.2. The Bertz CT molecular complexity index is 3010. The third kappa shape index (κ3) is 7.33. The third-order valence-corrected chi connectivity index (χ3v) is 14.3. The molecule has 0 spiro atoms. The lowest BCUT2D eigenvalue weighted by atomic mass is 9.62. The third-order valence-electron chi connectivity index (χ3n) is 14.3. The molecule has 6 aliphatic heterocycles. The lowest BCUT2D eigenvalue weighted by molar-refractivity contribution is -0.233. The van der Waals surface area contributed by atoms with Crippen molar-refractivity contribution in [2.45, 2.75) is 82.3 Å². The van der Waals surface area contributed by atoms with Gasteiger partial charge in [0.25, 0.3) is 11.8 Å². The van der Waals surface area contributed by atoms with Crippen LogP contribution in [0.4, 0.5) is 10.2 Å². The molecule has 3 unspecified atom stereocenters. The molecular weight excluding hydrogens is 870 g/mol. The van der Waals surface area contributed by atoms with Crippen LogP contribution in [0.5, 0.6) is 6.01 Å². The first-order valence-electron chi connectivity index (χ1n) is 23.2. The summed E-state index contributed by atoms with van der Waals surface area (Å²) in [5, 5.41) is 4.29.